The van der Waals surface area contributed by atoms with E-state index in [1.165, 1.54) is 0 Å². The van der Waals surface area contributed by atoms with Crippen molar-refractivity contribution in [2.24, 2.45) is 0 Å². The van der Waals surface area contributed by atoms with Gasteiger partial charge in [0.1, 0.15) is 12.2 Å². The Balaban J connectivity index is 1.85. The van der Waals surface area contributed by atoms with Crippen LogP contribution in [0, 0.1) is 0 Å². The molecule has 4 nitrogen and oxygen atoms in total. The lowest BCUT2D eigenvalue weighted by Gasteiger charge is -2.32. The Bertz CT molecular complexity index is 317. The van der Waals surface area contributed by atoms with Gasteiger partial charge in [0.25, 0.3) is 0 Å². The summed E-state index contributed by atoms with van der Waals surface area (Å²) in [5.74, 6) is 0. The zero-order valence-corrected chi connectivity index (χ0v) is 9.04. The summed E-state index contributed by atoms with van der Waals surface area (Å²) in [6.45, 7) is 1.00. The fraction of sp³-hybridized carbons (Fsp3) is 0.500. The summed E-state index contributed by atoms with van der Waals surface area (Å²) >= 11 is 0. The summed E-state index contributed by atoms with van der Waals surface area (Å²) in [6.07, 6.45) is -1.31. The normalized spacial score (nSPS) is 30.0. The van der Waals surface area contributed by atoms with Crippen LogP contribution in [0.4, 0.5) is 5.69 Å². The minimum atomic E-state index is -0.801. The van der Waals surface area contributed by atoms with E-state index in [1.54, 1.807) is 0 Å². The first-order valence-corrected chi connectivity index (χ1v) is 5.54. The standard InChI is InChI=1S/C12H17NO3/c14-10-6-7-16-11(12(10)15)8-13-9-4-2-1-3-5-9/h1-5,10-15H,6-8H2. The van der Waals surface area contributed by atoms with Gasteiger partial charge in [0.2, 0.25) is 0 Å². The van der Waals surface area contributed by atoms with Crippen LogP contribution in [0.2, 0.25) is 0 Å². The number of benzene rings is 1. The minimum absolute atomic E-state index is 0.344. The number of rotatable bonds is 3. The highest BCUT2D eigenvalue weighted by Gasteiger charge is 2.30. The van der Waals surface area contributed by atoms with Crippen LogP contribution < -0.4 is 5.32 Å². The molecule has 4 heteroatoms. The van der Waals surface area contributed by atoms with Crippen LogP contribution in [0.1, 0.15) is 6.42 Å². The van der Waals surface area contributed by atoms with E-state index in [0.29, 0.717) is 19.6 Å². The Hall–Kier alpha value is -1.10. The van der Waals surface area contributed by atoms with Crippen molar-refractivity contribution in [2.45, 2.75) is 24.7 Å². The third-order valence-corrected chi connectivity index (χ3v) is 2.80. The Morgan fingerprint density at radius 2 is 2.00 bits per heavy atom. The molecule has 88 valence electrons. The molecule has 0 aromatic heterocycles. The first-order valence-electron chi connectivity index (χ1n) is 5.54. The van der Waals surface area contributed by atoms with Crippen LogP contribution in [0.5, 0.6) is 0 Å². The summed E-state index contributed by atoms with van der Waals surface area (Å²) in [7, 11) is 0. The molecule has 1 heterocycles. The number of para-hydroxylation sites is 1. The van der Waals surface area contributed by atoms with Crippen molar-refractivity contribution < 1.29 is 14.9 Å². The molecule has 1 aliphatic rings. The van der Waals surface area contributed by atoms with Crippen LogP contribution in [0.15, 0.2) is 30.3 Å². The van der Waals surface area contributed by atoms with E-state index < -0.39 is 12.2 Å². The highest BCUT2D eigenvalue weighted by molar-refractivity contribution is 5.42. The lowest BCUT2D eigenvalue weighted by atomic mass is 10.0. The third kappa shape index (κ3) is 2.72. The van der Waals surface area contributed by atoms with Gasteiger partial charge >= 0.3 is 0 Å². The lowest BCUT2D eigenvalue weighted by Crippen LogP contribution is -2.47. The van der Waals surface area contributed by atoms with Crippen LogP contribution in [-0.4, -0.2) is 41.7 Å². The molecule has 1 aromatic carbocycles. The van der Waals surface area contributed by atoms with Gasteiger partial charge in [0.05, 0.1) is 6.10 Å². The number of ether oxygens (including phenoxy) is 1. The van der Waals surface area contributed by atoms with Gasteiger partial charge in [-0.05, 0) is 18.6 Å². The van der Waals surface area contributed by atoms with E-state index in [-0.39, 0.29) is 6.10 Å². The van der Waals surface area contributed by atoms with Gasteiger partial charge in [0, 0.05) is 18.8 Å². The van der Waals surface area contributed by atoms with Crippen molar-refractivity contribution in [3.05, 3.63) is 30.3 Å². The average molecular weight is 223 g/mol. The predicted octanol–water partition coefficient (Wildman–Crippen LogP) is 0.609. The molecule has 3 N–H and O–H groups in total. The molecule has 3 atom stereocenters. The molecule has 1 aliphatic heterocycles. The van der Waals surface area contributed by atoms with Crippen molar-refractivity contribution in [3.8, 4) is 0 Å². The Labute approximate surface area is 94.9 Å². The van der Waals surface area contributed by atoms with Gasteiger partial charge in [0.15, 0.2) is 0 Å². The molecule has 0 saturated carbocycles. The van der Waals surface area contributed by atoms with Crippen LogP contribution in [0.3, 0.4) is 0 Å². The molecular weight excluding hydrogens is 206 g/mol. The van der Waals surface area contributed by atoms with E-state index in [1.807, 2.05) is 30.3 Å². The lowest BCUT2D eigenvalue weighted by molar-refractivity contribution is -0.129. The van der Waals surface area contributed by atoms with E-state index in [0.717, 1.165) is 5.69 Å². The predicted molar refractivity (Wildman–Crippen MR) is 61.3 cm³/mol. The second-order valence-electron chi connectivity index (χ2n) is 4.00. The molecule has 1 fully saturated rings. The van der Waals surface area contributed by atoms with Gasteiger partial charge in [-0.15, -0.1) is 0 Å². The maximum atomic E-state index is 9.70. The number of aliphatic hydroxyl groups is 2. The van der Waals surface area contributed by atoms with E-state index >= 15 is 0 Å². The molecule has 3 unspecified atom stereocenters. The SMILES string of the molecule is OC1CCOC(CNc2ccccc2)C1O. The number of anilines is 1. The van der Waals surface area contributed by atoms with Gasteiger partial charge < -0.3 is 20.3 Å². The second-order valence-corrected chi connectivity index (χ2v) is 4.00. The number of hydrogen-bond donors (Lipinski definition) is 3. The molecule has 1 aromatic rings. The molecule has 0 spiro atoms. The Kier molecular flexibility index (Phi) is 3.77. The third-order valence-electron chi connectivity index (χ3n) is 2.80. The van der Waals surface area contributed by atoms with Crippen molar-refractivity contribution in [1.29, 1.82) is 0 Å². The fourth-order valence-corrected chi connectivity index (χ4v) is 1.81. The van der Waals surface area contributed by atoms with E-state index in [4.69, 9.17) is 4.74 Å². The first-order chi connectivity index (χ1) is 7.77. The minimum Gasteiger partial charge on any atom is -0.390 e. The average Bonchev–Trinajstić information content (AvgIpc) is 2.32. The summed E-state index contributed by atoms with van der Waals surface area (Å²) in [6, 6.07) is 9.73. The highest BCUT2D eigenvalue weighted by Crippen LogP contribution is 2.15. The van der Waals surface area contributed by atoms with Crippen molar-refractivity contribution in [2.75, 3.05) is 18.5 Å². The summed E-state index contributed by atoms with van der Waals surface area (Å²) in [4.78, 5) is 0. The molecule has 0 aliphatic carbocycles. The zero-order chi connectivity index (χ0) is 11.4. The maximum Gasteiger partial charge on any atom is 0.108 e. The van der Waals surface area contributed by atoms with Crippen molar-refractivity contribution in [3.63, 3.8) is 0 Å². The topological polar surface area (TPSA) is 61.7 Å². The zero-order valence-electron chi connectivity index (χ0n) is 9.04. The molecule has 16 heavy (non-hydrogen) atoms. The Morgan fingerprint density at radius 1 is 1.25 bits per heavy atom. The summed E-state index contributed by atoms with van der Waals surface area (Å²) in [5.41, 5.74) is 0.985. The Morgan fingerprint density at radius 3 is 2.75 bits per heavy atom. The van der Waals surface area contributed by atoms with Gasteiger partial charge in [-0.25, -0.2) is 0 Å². The van der Waals surface area contributed by atoms with E-state index in [9.17, 15) is 10.2 Å². The van der Waals surface area contributed by atoms with Gasteiger partial charge in [-0.1, -0.05) is 18.2 Å². The quantitative estimate of drug-likeness (QED) is 0.702. The fourth-order valence-electron chi connectivity index (χ4n) is 1.81. The summed E-state index contributed by atoms with van der Waals surface area (Å²) in [5, 5.41) is 22.4. The van der Waals surface area contributed by atoms with E-state index in [2.05, 4.69) is 5.32 Å². The molecule has 1 saturated heterocycles. The molecule has 2 rings (SSSR count). The monoisotopic (exact) mass is 223 g/mol. The van der Waals surface area contributed by atoms with Gasteiger partial charge in [-0.2, -0.15) is 0 Å². The number of nitrogens with one attached hydrogen (secondary N) is 1. The van der Waals surface area contributed by atoms with Crippen LogP contribution in [0.25, 0.3) is 0 Å². The summed E-state index contributed by atoms with van der Waals surface area (Å²) < 4.78 is 5.41. The van der Waals surface area contributed by atoms with Crippen LogP contribution in [-0.2, 0) is 4.74 Å². The van der Waals surface area contributed by atoms with Gasteiger partial charge in [-0.3, -0.25) is 0 Å². The molecular formula is C12H17NO3. The number of aliphatic hydroxyl groups excluding tert-OH is 2. The molecule has 0 radical (unpaired) electrons. The first kappa shape index (κ1) is 11.4. The van der Waals surface area contributed by atoms with Crippen molar-refractivity contribution in [1.82, 2.24) is 0 Å². The smallest absolute Gasteiger partial charge is 0.108 e. The molecule has 0 bridgehead atoms. The maximum absolute atomic E-state index is 9.70. The van der Waals surface area contributed by atoms with Crippen molar-refractivity contribution >= 4 is 5.69 Å². The number of hydrogen-bond acceptors (Lipinski definition) is 4. The molecule has 0 amide bonds. The highest BCUT2D eigenvalue weighted by atomic mass is 16.5. The van der Waals surface area contributed by atoms with Crippen LogP contribution >= 0.6 is 0 Å². The second kappa shape index (κ2) is 5.30. The largest absolute Gasteiger partial charge is 0.390 e.